The Kier molecular flexibility index (Phi) is 2.93. The van der Waals surface area contributed by atoms with E-state index in [0.717, 1.165) is 0 Å². The zero-order valence-electron chi connectivity index (χ0n) is 10.7. The summed E-state index contributed by atoms with van der Waals surface area (Å²) in [5, 5.41) is 9.34. The third-order valence-corrected chi connectivity index (χ3v) is 8.89. The van der Waals surface area contributed by atoms with Crippen molar-refractivity contribution in [2.75, 3.05) is 6.61 Å². The summed E-state index contributed by atoms with van der Waals surface area (Å²) < 4.78 is 53.2. The molecule has 0 aliphatic carbocycles. The molecular weight excluding hydrogens is 396 g/mol. The van der Waals surface area contributed by atoms with Crippen molar-refractivity contribution in [2.45, 2.75) is 42.0 Å². The number of hydrogen-bond donors (Lipinski definition) is 3. The van der Waals surface area contributed by atoms with Gasteiger partial charge in [-0.1, -0.05) is 0 Å². The molecule has 3 aliphatic rings. The minimum absolute atomic E-state index is 0.339. The summed E-state index contributed by atoms with van der Waals surface area (Å²) in [4.78, 5) is 12.1. The van der Waals surface area contributed by atoms with E-state index in [-0.39, 0.29) is 3.67 Å². The second-order valence-corrected chi connectivity index (χ2v) is 9.90. The van der Waals surface area contributed by atoms with Crippen LogP contribution >= 0.6 is 20.4 Å². The maximum absolute atomic E-state index is 12.6. The summed E-state index contributed by atoms with van der Waals surface area (Å²) >= 11 is -1.36. The molecule has 10 heteroatoms. The summed E-state index contributed by atoms with van der Waals surface area (Å²) in [7, 11) is 0. The number of halogens is 4. The Morgan fingerprint density at radius 3 is 2.40 bits per heavy atom. The average molecular weight is 410 g/mol. The Balaban J connectivity index is 1.61. The standard InChI is InChI=1S/C10H14F3IN2O4/c1-7(2,10-14(15-10)16-10)6(17)20-5-3-8(18,19-4-5)9(11,12)13/h5,15-16,18H,3-4H2,1-2H3. The number of hydrogen-bond acceptors (Lipinski definition) is 6. The van der Waals surface area contributed by atoms with Crippen molar-refractivity contribution in [2.24, 2.45) is 5.41 Å². The van der Waals surface area contributed by atoms with Crippen LogP contribution in [0.4, 0.5) is 13.2 Å². The number of carbonyl (C=O) groups excluding carboxylic acids is 1. The molecular formula is C10H14F3IN2O4. The molecule has 3 saturated heterocycles. The van der Waals surface area contributed by atoms with Crippen molar-refractivity contribution in [3.05, 3.63) is 0 Å². The van der Waals surface area contributed by atoms with Gasteiger partial charge in [-0.25, -0.2) is 0 Å². The SMILES string of the molecule is CC(C)(C(=O)OC1COC(O)(C(F)(F)F)C1)C12NI1N2. The fourth-order valence-corrected chi connectivity index (χ4v) is 7.63. The van der Waals surface area contributed by atoms with Crippen molar-refractivity contribution in [1.82, 2.24) is 7.06 Å². The second kappa shape index (κ2) is 3.97. The molecule has 6 nitrogen and oxygen atoms in total. The number of alkyl halides is 4. The molecule has 20 heavy (non-hydrogen) atoms. The van der Waals surface area contributed by atoms with E-state index in [2.05, 4.69) is 11.8 Å². The summed E-state index contributed by atoms with van der Waals surface area (Å²) in [5.41, 5.74) is -0.837. The molecule has 3 N–H and O–H groups in total. The number of fused-ring (bicyclic) bond motifs is 1. The first-order chi connectivity index (χ1) is 9.02. The predicted octanol–water partition coefficient (Wildman–Crippen LogP) is 0.792. The van der Waals surface area contributed by atoms with Crippen LogP contribution in [0.3, 0.4) is 0 Å². The zero-order valence-corrected chi connectivity index (χ0v) is 12.8. The number of rotatable bonds is 3. The van der Waals surface area contributed by atoms with E-state index in [1.807, 2.05) is 0 Å². The first-order valence-electron chi connectivity index (χ1n) is 5.91. The van der Waals surface area contributed by atoms with Gasteiger partial charge in [0.05, 0.1) is 0 Å². The van der Waals surface area contributed by atoms with E-state index in [1.165, 1.54) is 0 Å². The van der Waals surface area contributed by atoms with Crippen LogP contribution in [0.5, 0.6) is 0 Å². The van der Waals surface area contributed by atoms with Gasteiger partial charge in [-0.2, -0.15) is 0 Å². The average Bonchev–Trinajstić information content (AvgIpc) is 3.10. The minimum atomic E-state index is -4.91. The molecule has 2 atom stereocenters. The molecule has 3 rings (SSSR count). The molecule has 3 aliphatic heterocycles. The topological polar surface area (TPSA) is 99.6 Å². The van der Waals surface area contributed by atoms with Crippen LogP contribution in [0.15, 0.2) is 0 Å². The molecule has 0 spiro atoms. The Bertz CT molecular complexity index is 466. The third-order valence-electron chi connectivity index (χ3n) is 3.76. The summed E-state index contributed by atoms with van der Waals surface area (Å²) in [5.74, 6) is -3.82. The van der Waals surface area contributed by atoms with Crippen molar-refractivity contribution in [1.29, 1.82) is 0 Å². The van der Waals surface area contributed by atoms with Crippen molar-refractivity contribution >= 4 is 26.3 Å². The first kappa shape index (κ1) is 14.8. The van der Waals surface area contributed by atoms with Crippen LogP contribution in [-0.2, 0) is 14.3 Å². The van der Waals surface area contributed by atoms with Crippen LogP contribution in [0.25, 0.3) is 0 Å². The van der Waals surface area contributed by atoms with Crippen LogP contribution in [0.2, 0.25) is 0 Å². The second-order valence-electron chi connectivity index (χ2n) is 5.58. The third kappa shape index (κ3) is 1.95. The number of aliphatic hydroxyl groups is 1. The van der Waals surface area contributed by atoms with Crippen LogP contribution < -0.4 is 7.06 Å². The van der Waals surface area contributed by atoms with Crippen LogP contribution in [0, 0.1) is 5.41 Å². The quantitative estimate of drug-likeness (QED) is 0.159. The van der Waals surface area contributed by atoms with Crippen molar-refractivity contribution in [3.8, 4) is 0 Å². The molecule has 2 unspecified atom stereocenters. The first-order valence-corrected chi connectivity index (χ1v) is 9.15. The summed E-state index contributed by atoms with van der Waals surface area (Å²) in [6.45, 7) is 2.91. The Morgan fingerprint density at radius 1 is 1.45 bits per heavy atom. The van der Waals surface area contributed by atoms with E-state index >= 15 is 0 Å². The summed E-state index contributed by atoms with van der Waals surface area (Å²) in [6.07, 6.45) is -6.80. The maximum atomic E-state index is 12.6. The predicted molar refractivity (Wildman–Crippen MR) is 68.3 cm³/mol. The van der Waals surface area contributed by atoms with E-state index in [4.69, 9.17) is 4.74 Å². The van der Waals surface area contributed by atoms with Gasteiger partial charge in [0.2, 0.25) is 0 Å². The van der Waals surface area contributed by atoms with Gasteiger partial charge in [0.25, 0.3) is 0 Å². The Hall–Kier alpha value is -0.170. The monoisotopic (exact) mass is 410 g/mol. The molecule has 0 aromatic carbocycles. The molecule has 0 amide bonds. The van der Waals surface area contributed by atoms with Gasteiger partial charge in [-0.05, 0) is 0 Å². The molecule has 0 aromatic rings. The molecule has 0 saturated carbocycles. The van der Waals surface area contributed by atoms with Gasteiger partial charge in [0, 0.05) is 0 Å². The molecule has 3 heterocycles. The molecule has 0 aromatic heterocycles. The Morgan fingerprint density at radius 2 is 2.00 bits per heavy atom. The van der Waals surface area contributed by atoms with Gasteiger partial charge in [0.1, 0.15) is 0 Å². The van der Waals surface area contributed by atoms with Crippen molar-refractivity contribution in [3.63, 3.8) is 0 Å². The Labute approximate surface area is 120 Å². The van der Waals surface area contributed by atoms with Gasteiger partial charge in [-0.15, -0.1) is 0 Å². The number of nitrogens with one attached hydrogen (secondary N) is 2. The van der Waals surface area contributed by atoms with Gasteiger partial charge in [0.15, 0.2) is 0 Å². The number of esters is 1. The van der Waals surface area contributed by atoms with Crippen LogP contribution in [0.1, 0.15) is 20.3 Å². The fraction of sp³-hybridized carbons (Fsp3) is 0.900. The molecule has 0 bridgehead atoms. The summed E-state index contributed by atoms with van der Waals surface area (Å²) in [6, 6.07) is 0. The normalized spacial score (nSPS) is 36.5. The fourth-order valence-electron chi connectivity index (χ4n) is 2.07. The van der Waals surface area contributed by atoms with Gasteiger partial charge in [-0.3, -0.25) is 0 Å². The van der Waals surface area contributed by atoms with E-state index in [0.29, 0.717) is 0 Å². The molecule has 3 fully saturated rings. The number of ether oxygens (including phenoxy) is 2. The van der Waals surface area contributed by atoms with Gasteiger partial charge >= 0.3 is 120 Å². The molecule has 116 valence electrons. The van der Waals surface area contributed by atoms with E-state index in [1.54, 1.807) is 13.8 Å². The van der Waals surface area contributed by atoms with E-state index in [9.17, 15) is 23.1 Å². The van der Waals surface area contributed by atoms with Crippen molar-refractivity contribution < 1.29 is 32.5 Å². The van der Waals surface area contributed by atoms with Crippen LogP contribution in [-0.4, -0.2) is 39.4 Å². The van der Waals surface area contributed by atoms with Gasteiger partial charge < -0.3 is 0 Å². The zero-order chi connectivity index (χ0) is 15.0. The molecule has 0 radical (unpaired) electrons. The van der Waals surface area contributed by atoms with E-state index < -0.39 is 62.8 Å². The number of carbonyl (C=O) groups is 1.